The van der Waals surface area contributed by atoms with Gasteiger partial charge in [-0.15, -0.1) is 0 Å². The number of hydrogen-bond donors (Lipinski definition) is 2. The monoisotopic (exact) mass is 425 g/mol. The first-order valence-corrected chi connectivity index (χ1v) is 9.32. The maximum absolute atomic E-state index is 12.0. The third-order valence-corrected chi connectivity index (χ3v) is 4.68. The Morgan fingerprint density at radius 2 is 1.78 bits per heavy atom. The maximum atomic E-state index is 12.0. The number of hydrazone groups is 1. The van der Waals surface area contributed by atoms with E-state index in [1.807, 2.05) is 6.92 Å². The highest BCUT2D eigenvalue weighted by atomic mass is 35.5. The number of carbonyl (C=O) groups is 2. The zero-order valence-corrected chi connectivity index (χ0v) is 16.8. The van der Waals surface area contributed by atoms with Gasteiger partial charge in [0.15, 0.2) is 0 Å². The molecular formula is C19H18Cl3N3O2. The molecule has 2 rings (SSSR count). The van der Waals surface area contributed by atoms with Crippen LogP contribution in [0, 0.1) is 6.92 Å². The third kappa shape index (κ3) is 6.86. The number of amides is 2. The molecule has 0 radical (unpaired) electrons. The van der Waals surface area contributed by atoms with Gasteiger partial charge in [0, 0.05) is 34.1 Å². The molecule has 0 saturated heterocycles. The van der Waals surface area contributed by atoms with Crippen molar-refractivity contribution in [3.63, 3.8) is 0 Å². The SMILES string of the molecule is Cc1c(Cl)cccc1NC(=O)CCCC(=O)N/N=C\c1ccc(Cl)cc1Cl. The van der Waals surface area contributed by atoms with E-state index in [-0.39, 0.29) is 24.7 Å². The largest absolute Gasteiger partial charge is 0.326 e. The zero-order valence-electron chi connectivity index (χ0n) is 14.6. The highest BCUT2D eigenvalue weighted by molar-refractivity contribution is 6.36. The normalized spacial score (nSPS) is 10.8. The highest BCUT2D eigenvalue weighted by Gasteiger charge is 2.08. The Balaban J connectivity index is 1.73. The van der Waals surface area contributed by atoms with Crippen molar-refractivity contribution in [2.75, 3.05) is 5.32 Å². The van der Waals surface area contributed by atoms with Crippen LogP contribution in [0.3, 0.4) is 0 Å². The van der Waals surface area contributed by atoms with Crippen molar-refractivity contribution >= 4 is 58.5 Å². The van der Waals surface area contributed by atoms with Crippen LogP contribution in [0.5, 0.6) is 0 Å². The molecule has 142 valence electrons. The number of nitrogens with one attached hydrogen (secondary N) is 2. The predicted molar refractivity (Wildman–Crippen MR) is 111 cm³/mol. The molecule has 0 bridgehead atoms. The summed E-state index contributed by atoms with van der Waals surface area (Å²) < 4.78 is 0. The van der Waals surface area contributed by atoms with Gasteiger partial charge in [-0.25, -0.2) is 5.43 Å². The van der Waals surface area contributed by atoms with Crippen molar-refractivity contribution in [2.45, 2.75) is 26.2 Å². The average Bonchev–Trinajstić information content (AvgIpc) is 2.61. The molecule has 2 N–H and O–H groups in total. The molecule has 8 heteroatoms. The van der Waals surface area contributed by atoms with Crippen molar-refractivity contribution in [1.29, 1.82) is 0 Å². The summed E-state index contributed by atoms with van der Waals surface area (Å²) in [4.78, 5) is 23.8. The Morgan fingerprint density at radius 3 is 2.52 bits per heavy atom. The van der Waals surface area contributed by atoms with Crippen LogP contribution in [0.2, 0.25) is 15.1 Å². The summed E-state index contributed by atoms with van der Waals surface area (Å²) in [6.07, 6.45) is 2.22. The first-order valence-electron chi connectivity index (χ1n) is 8.18. The summed E-state index contributed by atoms with van der Waals surface area (Å²) in [5.74, 6) is -0.465. The minimum atomic E-state index is -0.289. The first-order chi connectivity index (χ1) is 12.9. The lowest BCUT2D eigenvalue weighted by Gasteiger charge is -2.09. The maximum Gasteiger partial charge on any atom is 0.240 e. The quantitative estimate of drug-likeness (QED) is 0.471. The number of benzene rings is 2. The Bertz CT molecular complexity index is 869. The van der Waals surface area contributed by atoms with Gasteiger partial charge in [0.1, 0.15) is 0 Å². The van der Waals surface area contributed by atoms with Crippen molar-refractivity contribution in [2.24, 2.45) is 5.10 Å². The van der Waals surface area contributed by atoms with Crippen LogP contribution in [0.15, 0.2) is 41.5 Å². The third-order valence-electron chi connectivity index (χ3n) is 3.70. The molecule has 0 unspecified atom stereocenters. The van der Waals surface area contributed by atoms with Crippen LogP contribution in [-0.2, 0) is 9.59 Å². The van der Waals surface area contributed by atoms with Crippen molar-refractivity contribution in [1.82, 2.24) is 5.43 Å². The molecule has 5 nitrogen and oxygen atoms in total. The van der Waals surface area contributed by atoms with Crippen molar-refractivity contribution in [3.05, 3.63) is 62.6 Å². The Morgan fingerprint density at radius 1 is 1.04 bits per heavy atom. The second kappa shape index (κ2) is 10.3. The van der Waals surface area contributed by atoms with Crippen LogP contribution in [-0.4, -0.2) is 18.0 Å². The van der Waals surface area contributed by atoms with E-state index in [1.165, 1.54) is 6.21 Å². The summed E-state index contributed by atoms with van der Waals surface area (Å²) >= 11 is 17.8. The lowest BCUT2D eigenvalue weighted by molar-refractivity contribution is -0.121. The summed E-state index contributed by atoms with van der Waals surface area (Å²) in [5, 5.41) is 8.19. The molecule has 0 fully saturated rings. The fourth-order valence-electron chi connectivity index (χ4n) is 2.20. The van der Waals surface area contributed by atoms with Crippen LogP contribution < -0.4 is 10.7 Å². The van der Waals surface area contributed by atoms with Gasteiger partial charge in [0.2, 0.25) is 11.8 Å². The number of nitrogens with zero attached hydrogens (tertiary/aromatic N) is 1. The number of halogens is 3. The second-order valence-electron chi connectivity index (χ2n) is 5.77. The Labute approximate surface area is 172 Å². The van der Waals surface area contributed by atoms with E-state index in [0.29, 0.717) is 32.7 Å². The average molecular weight is 427 g/mol. The van der Waals surface area contributed by atoms with Gasteiger partial charge in [0.25, 0.3) is 0 Å². The zero-order chi connectivity index (χ0) is 19.8. The molecule has 0 spiro atoms. The van der Waals surface area contributed by atoms with Gasteiger partial charge in [-0.1, -0.05) is 46.9 Å². The smallest absolute Gasteiger partial charge is 0.240 e. The van der Waals surface area contributed by atoms with Gasteiger partial charge in [-0.2, -0.15) is 5.10 Å². The molecular weight excluding hydrogens is 409 g/mol. The van der Waals surface area contributed by atoms with Crippen LogP contribution >= 0.6 is 34.8 Å². The standard InChI is InChI=1S/C19H18Cl3N3O2/c1-12-15(21)4-2-5-17(12)24-18(26)6-3-7-19(27)25-23-11-13-8-9-14(20)10-16(13)22/h2,4-5,8-11H,3,6-7H2,1H3,(H,24,26)(H,25,27)/b23-11-. The van der Waals surface area contributed by atoms with E-state index < -0.39 is 0 Å². The highest BCUT2D eigenvalue weighted by Crippen LogP contribution is 2.23. The summed E-state index contributed by atoms with van der Waals surface area (Å²) in [7, 11) is 0. The fraction of sp³-hybridized carbons (Fsp3) is 0.211. The topological polar surface area (TPSA) is 70.6 Å². The molecule has 2 aromatic carbocycles. The fourth-order valence-corrected chi connectivity index (χ4v) is 2.83. The van der Waals surface area contributed by atoms with E-state index >= 15 is 0 Å². The molecule has 27 heavy (non-hydrogen) atoms. The minimum absolute atomic E-state index is 0.174. The second-order valence-corrected chi connectivity index (χ2v) is 7.02. The molecule has 0 atom stereocenters. The molecule has 0 aliphatic rings. The van der Waals surface area contributed by atoms with E-state index in [0.717, 1.165) is 5.56 Å². The van der Waals surface area contributed by atoms with Crippen LogP contribution in [0.4, 0.5) is 5.69 Å². The summed E-state index contributed by atoms with van der Waals surface area (Å²) in [6.45, 7) is 1.83. The van der Waals surface area contributed by atoms with E-state index in [1.54, 1.807) is 36.4 Å². The molecule has 0 saturated carbocycles. The lowest BCUT2D eigenvalue weighted by Crippen LogP contribution is -2.18. The van der Waals surface area contributed by atoms with Gasteiger partial charge < -0.3 is 5.32 Å². The molecule has 0 heterocycles. The number of anilines is 1. The van der Waals surface area contributed by atoms with Crippen LogP contribution in [0.25, 0.3) is 0 Å². The van der Waals surface area contributed by atoms with Gasteiger partial charge in [0.05, 0.1) is 11.2 Å². The Hall–Kier alpha value is -2.08. The molecule has 0 aliphatic carbocycles. The number of hydrogen-bond acceptors (Lipinski definition) is 3. The number of carbonyl (C=O) groups excluding carboxylic acids is 2. The van der Waals surface area contributed by atoms with Crippen molar-refractivity contribution < 1.29 is 9.59 Å². The Kier molecular flexibility index (Phi) is 8.10. The van der Waals surface area contributed by atoms with E-state index in [4.69, 9.17) is 34.8 Å². The van der Waals surface area contributed by atoms with Gasteiger partial charge in [-0.05, 0) is 43.2 Å². The molecule has 0 aromatic heterocycles. The van der Waals surface area contributed by atoms with E-state index in [2.05, 4.69) is 15.8 Å². The van der Waals surface area contributed by atoms with Gasteiger partial charge >= 0.3 is 0 Å². The van der Waals surface area contributed by atoms with E-state index in [9.17, 15) is 9.59 Å². The molecule has 2 aromatic rings. The predicted octanol–water partition coefficient (Wildman–Crippen LogP) is 5.21. The minimum Gasteiger partial charge on any atom is -0.326 e. The summed E-state index contributed by atoms with van der Waals surface area (Å²) in [5.41, 5.74) is 4.51. The molecule has 0 aliphatic heterocycles. The summed E-state index contributed by atoms with van der Waals surface area (Å²) in [6, 6.07) is 10.3. The number of rotatable bonds is 7. The first kappa shape index (κ1) is 21.2. The van der Waals surface area contributed by atoms with Crippen molar-refractivity contribution in [3.8, 4) is 0 Å². The van der Waals surface area contributed by atoms with Crippen LogP contribution in [0.1, 0.15) is 30.4 Å². The molecule has 2 amide bonds. The lowest BCUT2D eigenvalue weighted by atomic mass is 10.2. The van der Waals surface area contributed by atoms with Gasteiger partial charge in [-0.3, -0.25) is 9.59 Å².